The Kier molecular flexibility index (Phi) is 4.07. The number of hydrogen-bond acceptors (Lipinski definition) is 3. The van der Waals surface area contributed by atoms with Crippen LogP contribution in [-0.4, -0.2) is 24.0 Å². The maximum absolute atomic E-state index is 13.1. The molecule has 2 N–H and O–H groups in total. The highest BCUT2D eigenvalue weighted by atomic mass is 19.1. The topological polar surface area (TPSA) is 71.2 Å². The SMILES string of the molecule is COC(=O)c1c(C)[nH]c(C(=O)Nc2cccc(F)c2)c1C. The van der Waals surface area contributed by atoms with Crippen molar-refractivity contribution in [2.75, 3.05) is 12.4 Å². The number of hydrogen-bond donors (Lipinski definition) is 2. The zero-order valence-corrected chi connectivity index (χ0v) is 11.9. The molecule has 0 aliphatic heterocycles. The Morgan fingerprint density at radius 2 is 2.00 bits per heavy atom. The number of ether oxygens (including phenoxy) is 1. The first-order valence-electron chi connectivity index (χ1n) is 6.28. The van der Waals surface area contributed by atoms with Crippen molar-refractivity contribution in [1.29, 1.82) is 0 Å². The van der Waals surface area contributed by atoms with Gasteiger partial charge in [-0.15, -0.1) is 0 Å². The van der Waals surface area contributed by atoms with E-state index in [2.05, 4.69) is 15.0 Å². The molecule has 0 unspecified atom stereocenters. The summed E-state index contributed by atoms with van der Waals surface area (Å²) >= 11 is 0. The molecule has 2 rings (SSSR count). The first kappa shape index (κ1) is 14.8. The summed E-state index contributed by atoms with van der Waals surface area (Å²) in [5.74, 6) is -1.40. The average Bonchev–Trinajstić information content (AvgIpc) is 2.73. The van der Waals surface area contributed by atoms with E-state index >= 15 is 0 Å². The van der Waals surface area contributed by atoms with Crippen LogP contribution in [0.3, 0.4) is 0 Å². The Labute approximate surface area is 121 Å². The Hall–Kier alpha value is -2.63. The Balaban J connectivity index is 2.30. The van der Waals surface area contributed by atoms with Crippen LogP contribution in [0, 0.1) is 19.7 Å². The molecular formula is C15H15FN2O3. The van der Waals surface area contributed by atoms with E-state index < -0.39 is 17.7 Å². The molecule has 0 aliphatic rings. The Bertz CT molecular complexity index is 707. The highest BCUT2D eigenvalue weighted by molar-refractivity contribution is 6.06. The van der Waals surface area contributed by atoms with E-state index in [1.54, 1.807) is 19.9 Å². The second-order valence-corrected chi connectivity index (χ2v) is 4.58. The summed E-state index contributed by atoms with van der Waals surface area (Å²) in [6, 6.07) is 5.57. The zero-order valence-electron chi connectivity index (χ0n) is 11.9. The summed E-state index contributed by atoms with van der Waals surface area (Å²) < 4.78 is 17.8. The van der Waals surface area contributed by atoms with Gasteiger partial charge in [0.15, 0.2) is 0 Å². The minimum absolute atomic E-state index is 0.247. The van der Waals surface area contributed by atoms with Crippen LogP contribution in [0.5, 0.6) is 0 Å². The number of H-pyrrole nitrogens is 1. The fourth-order valence-corrected chi connectivity index (χ4v) is 2.15. The third kappa shape index (κ3) is 2.94. The summed E-state index contributed by atoms with van der Waals surface area (Å²) in [5, 5.41) is 2.58. The van der Waals surface area contributed by atoms with Crippen molar-refractivity contribution in [1.82, 2.24) is 4.98 Å². The maximum atomic E-state index is 13.1. The van der Waals surface area contributed by atoms with Gasteiger partial charge in [-0.25, -0.2) is 9.18 Å². The third-order valence-electron chi connectivity index (χ3n) is 3.14. The smallest absolute Gasteiger partial charge is 0.339 e. The minimum Gasteiger partial charge on any atom is -0.465 e. The van der Waals surface area contributed by atoms with Gasteiger partial charge in [0.2, 0.25) is 0 Å². The van der Waals surface area contributed by atoms with Crippen LogP contribution in [0.1, 0.15) is 32.1 Å². The van der Waals surface area contributed by atoms with Gasteiger partial charge in [-0.3, -0.25) is 4.79 Å². The maximum Gasteiger partial charge on any atom is 0.339 e. The average molecular weight is 290 g/mol. The highest BCUT2D eigenvalue weighted by Gasteiger charge is 2.22. The molecule has 0 saturated carbocycles. The Morgan fingerprint density at radius 3 is 2.62 bits per heavy atom. The predicted octanol–water partition coefficient (Wildman–Crippen LogP) is 2.81. The van der Waals surface area contributed by atoms with E-state index in [1.165, 1.54) is 25.3 Å². The van der Waals surface area contributed by atoms with Crippen molar-refractivity contribution in [3.05, 3.63) is 52.6 Å². The van der Waals surface area contributed by atoms with E-state index in [0.29, 0.717) is 22.5 Å². The van der Waals surface area contributed by atoms with Gasteiger partial charge >= 0.3 is 5.97 Å². The number of halogens is 1. The van der Waals surface area contributed by atoms with Crippen molar-refractivity contribution in [2.45, 2.75) is 13.8 Å². The molecule has 1 heterocycles. The zero-order chi connectivity index (χ0) is 15.6. The number of aromatic nitrogens is 1. The predicted molar refractivity (Wildman–Crippen MR) is 76.0 cm³/mol. The molecule has 5 nitrogen and oxygen atoms in total. The number of esters is 1. The van der Waals surface area contributed by atoms with Gasteiger partial charge in [-0.2, -0.15) is 0 Å². The van der Waals surface area contributed by atoms with Gasteiger partial charge in [0.05, 0.1) is 12.7 Å². The summed E-state index contributed by atoms with van der Waals surface area (Å²) in [6.07, 6.45) is 0. The fraction of sp³-hybridized carbons (Fsp3) is 0.200. The van der Waals surface area contributed by atoms with Gasteiger partial charge < -0.3 is 15.0 Å². The van der Waals surface area contributed by atoms with E-state index in [4.69, 9.17) is 0 Å². The molecule has 110 valence electrons. The van der Waals surface area contributed by atoms with Crippen LogP contribution in [-0.2, 0) is 4.74 Å². The van der Waals surface area contributed by atoms with Crippen LogP contribution >= 0.6 is 0 Å². The molecule has 0 fully saturated rings. The Morgan fingerprint density at radius 1 is 1.29 bits per heavy atom. The lowest BCUT2D eigenvalue weighted by Gasteiger charge is -2.05. The monoisotopic (exact) mass is 290 g/mol. The normalized spacial score (nSPS) is 10.3. The largest absolute Gasteiger partial charge is 0.465 e. The van der Waals surface area contributed by atoms with Crippen LogP contribution in [0.15, 0.2) is 24.3 Å². The number of aryl methyl sites for hydroxylation is 1. The molecule has 1 amide bonds. The minimum atomic E-state index is -0.508. The van der Waals surface area contributed by atoms with E-state index in [-0.39, 0.29) is 5.69 Å². The first-order valence-corrected chi connectivity index (χ1v) is 6.28. The van der Waals surface area contributed by atoms with Crippen molar-refractivity contribution < 1.29 is 18.7 Å². The number of benzene rings is 1. The molecule has 0 atom stereocenters. The van der Waals surface area contributed by atoms with Gasteiger partial charge in [0, 0.05) is 11.4 Å². The molecule has 0 aliphatic carbocycles. The molecule has 0 bridgehead atoms. The number of carbonyl (C=O) groups is 2. The number of amides is 1. The molecule has 0 saturated heterocycles. The summed E-state index contributed by atoms with van der Waals surface area (Å²) in [4.78, 5) is 26.7. The van der Waals surface area contributed by atoms with Crippen LogP contribution in [0.25, 0.3) is 0 Å². The summed E-state index contributed by atoms with van der Waals surface area (Å²) in [5.41, 5.74) is 1.96. The van der Waals surface area contributed by atoms with Gasteiger partial charge in [-0.1, -0.05) is 6.07 Å². The number of anilines is 1. The lowest BCUT2D eigenvalue weighted by atomic mass is 10.1. The first-order chi connectivity index (χ1) is 9.93. The molecule has 21 heavy (non-hydrogen) atoms. The number of carbonyl (C=O) groups excluding carboxylic acids is 2. The van der Waals surface area contributed by atoms with Crippen LogP contribution < -0.4 is 5.32 Å². The molecule has 1 aromatic heterocycles. The van der Waals surface area contributed by atoms with E-state index in [1.807, 2.05) is 0 Å². The molecule has 2 aromatic rings. The van der Waals surface area contributed by atoms with E-state index in [9.17, 15) is 14.0 Å². The number of aromatic amines is 1. The second-order valence-electron chi connectivity index (χ2n) is 4.58. The highest BCUT2D eigenvalue weighted by Crippen LogP contribution is 2.20. The van der Waals surface area contributed by atoms with Crippen LogP contribution in [0.4, 0.5) is 10.1 Å². The van der Waals surface area contributed by atoms with Crippen molar-refractivity contribution in [3.8, 4) is 0 Å². The molecule has 0 radical (unpaired) electrons. The molecule has 1 aromatic carbocycles. The van der Waals surface area contributed by atoms with Crippen molar-refractivity contribution in [2.24, 2.45) is 0 Å². The quantitative estimate of drug-likeness (QED) is 0.854. The third-order valence-corrected chi connectivity index (χ3v) is 3.14. The van der Waals surface area contributed by atoms with Gasteiger partial charge in [0.1, 0.15) is 11.5 Å². The number of rotatable bonds is 3. The summed E-state index contributed by atoms with van der Waals surface area (Å²) in [6.45, 7) is 3.33. The lowest BCUT2D eigenvalue weighted by Crippen LogP contribution is -2.14. The summed E-state index contributed by atoms with van der Waals surface area (Å²) in [7, 11) is 1.28. The van der Waals surface area contributed by atoms with E-state index in [0.717, 1.165) is 0 Å². The van der Waals surface area contributed by atoms with Gasteiger partial charge in [-0.05, 0) is 37.6 Å². The molecule has 0 spiro atoms. The lowest BCUT2D eigenvalue weighted by molar-refractivity contribution is 0.0599. The van der Waals surface area contributed by atoms with Crippen molar-refractivity contribution in [3.63, 3.8) is 0 Å². The van der Waals surface area contributed by atoms with Gasteiger partial charge in [0.25, 0.3) is 5.91 Å². The van der Waals surface area contributed by atoms with Crippen molar-refractivity contribution >= 4 is 17.6 Å². The van der Waals surface area contributed by atoms with Crippen LogP contribution in [0.2, 0.25) is 0 Å². The standard InChI is InChI=1S/C15H15FN2O3/c1-8-12(15(20)21-3)9(2)17-13(8)14(19)18-11-6-4-5-10(16)7-11/h4-7,17H,1-3H3,(H,18,19). The molecule has 6 heteroatoms. The second kappa shape index (κ2) is 5.78. The number of nitrogens with one attached hydrogen (secondary N) is 2. The molecular weight excluding hydrogens is 275 g/mol. The number of methoxy groups -OCH3 is 1. The fourth-order valence-electron chi connectivity index (χ4n) is 2.15.